The van der Waals surface area contributed by atoms with Crippen LogP contribution in [0.5, 0.6) is 0 Å². The lowest BCUT2D eigenvalue weighted by Crippen LogP contribution is -2.45. The number of rotatable bonds is 8. The van der Waals surface area contributed by atoms with E-state index in [1.807, 2.05) is 61.5 Å². The summed E-state index contributed by atoms with van der Waals surface area (Å²) in [5.41, 5.74) is 0.980. The van der Waals surface area contributed by atoms with Gasteiger partial charge in [-0.05, 0) is 45.3 Å². The maximum Gasteiger partial charge on any atom is 0.354 e. The van der Waals surface area contributed by atoms with Crippen LogP contribution in [0.25, 0.3) is 0 Å². The molecule has 0 spiro atoms. The second-order valence-corrected chi connectivity index (χ2v) is 6.91. The van der Waals surface area contributed by atoms with Gasteiger partial charge < -0.3 is 14.5 Å². The number of hydrazone groups is 1. The molecule has 2 atom stereocenters. The van der Waals surface area contributed by atoms with Crippen LogP contribution in [0, 0.1) is 0 Å². The van der Waals surface area contributed by atoms with E-state index in [-0.39, 0.29) is 30.7 Å². The average molecular weight is 398 g/mol. The number of nitrogens with zero attached hydrogens (tertiary/aromatic N) is 3. The van der Waals surface area contributed by atoms with E-state index < -0.39 is 12.0 Å². The fourth-order valence-corrected chi connectivity index (χ4v) is 3.20. The number of benzene rings is 1. The zero-order valence-corrected chi connectivity index (χ0v) is 16.9. The molecule has 0 aliphatic carbocycles. The van der Waals surface area contributed by atoms with Gasteiger partial charge in [-0.15, -0.1) is 0 Å². The van der Waals surface area contributed by atoms with Crippen molar-refractivity contribution in [1.82, 2.24) is 10.2 Å². The molecule has 1 aliphatic heterocycles. The SMILES string of the molecule is CCOC(=O)C1=NN(c2ccccc2)C(C(=O)NCC(c2ccco2)N(C)C)C1. The molecule has 0 radical (unpaired) electrons. The van der Waals surface area contributed by atoms with Crippen LogP contribution < -0.4 is 10.3 Å². The molecule has 3 rings (SSSR count). The first-order valence-corrected chi connectivity index (χ1v) is 9.57. The molecule has 1 aromatic heterocycles. The number of hydrogen-bond donors (Lipinski definition) is 1. The van der Waals surface area contributed by atoms with Crippen LogP contribution in [0.2, 0.25) is 0 Å². The second-order valence-electron chi connectivity index (χ2n) is 6.91. The van der Waals surface area contributed by atoms with Crippen LogP contribution in [0.1, 0.15) is 25.1 Å². The zero-order valence-electron chi connectivity index (χ0n) is 16.9. The Morgan fingerprint density at radius 2 is 2.03 bits per heavy atom. The van der Waals surface area contributed by atoms with Crippen molar-refractivity contribution >= 4 is 23.3 Å². The van der Waals surface area contributed by atoms with Gasteiger partial charge in [0.2, 0.25) is 5.91 Å². The molecule has 2 aromatic rings. The van der Waals surface area contributed by atoms with Gasteiger partial charge >= 0.3 is 5.97 Å². The second kappa shape index (κ2) is 9.38. The molecule has 1 aromatic carbocycles. The number of amides is 1. The summed E-state index contributed by atoms with van der Waals surface area (Å²) in [6, 6.07) is 12.3. The third kappa shape index (κ3) is 4.83. The lowest BCUT2D eigenvalue weighted by Gasteiger charge is -2.26. The third-order valence-electron chi connectivity index (χ3n) is 4.71. The molecule has 0 saturated carbocycles. The summed E-state index contributed by atoms with van der Waals surface area (Å²) in [6.45, 7) is 2.36. The van der Waals surface area contributed by atoms with Crippen molar-refractivity contribution in [2.75, 3.05) is 32.3 Å². The van der Waals surface area contributed by atoms with Crippen molar-refractivity contribution in [3.63, 3.8) is 0 Å². The molecular formula is C21H26N4O4. The topological polar surface area (TPSA) is 87.4 Å². The van der Waals surface area contributed by atoms with Gasteiger partial charge in [0.15, 0.2) is 0 Å². The normalized spacial score (nSPS) is 17.2. The minimum Gasteiger partial charge on any atom is -0.468 e. The highest BCUT2D eigenvalue weighted by Crippen LogP contribution is 2.25. The number of likely N-dealkylation sites (N-methyl/N-ethyl adjacent to an activating group) is 1. The number of ether oxygens (including phenoxy) is 1. The number of anilines is 1. The summed E-state index contributed by atoms with van der Waals surface area (Å²) in [6.07, 6.45) is 1.80. The van der Waals surface area contributed by atoms with Crippen molar-refractivity contribution in [1.29, 1.82) is 0 Å². The van der Waals surface area contributed by atoms with E-state index in [0.717, 1.165) is 11.4 Å². The largest absolute Gasteiger partial charge is 0.468 e. The Bertz CT molecular complexity index is 849. The number of esters is 1. The number of nitrogens with one attached hydrogen (secondary N) is 1. The fourth-order valence-electron chi connectivity index (χ4n) is 3.20. The first kappa shape index (κ1) is 20.6. The molecule has 8 heteroatoms. The van der Waals surface area contributed by atoms with Gasteiger partial charge in [-0.25, -0.2) is 4.79 Å². The Kier molecular flexibility index (Phi) is 6.66. The summed E-state index contributed by atoms with van der Waals surface area (Å²) in [7, 11) is 3.85. The van der Waals surface area contributed by atoms with Crippen molar-refractivity contribution in [3.05, 3.63) is 54.5 Å². The highest BCUT2D eigenvalue weighted by molar-refractivity contribution is 6.38. The Morgan fingerprint density at radius 1 is 1.28 bits per heavy atom. The van der Waals surface area contributed by atoms with Crippen LogP contribution in [-0.2, 0) is 14.3 Å². The first-order chi connectivity index (χ1) is 14.0. The molecule has 0 bridgehead atoms. The molecule has 0 saturated heterocycles. The molecule has 2 heterocycles. The van der Waals surface area contributed by atoms with E-state index in [0.29, 0.717) is 6.54 Å². The van der Waals surface area contributed by atoms with Crippen molar-refractivity contribution in [2.45, 2.75) is 25.4 Å². The Hall–Kier alpha value is -3.13. The average Bonchev–Trinajstić information content (AvgIpc) is 3.39. The molecule has 1 amide bonds. The number of carbonyl (C=O) groups is 2. The van der Waals surface area contributed by atoms with E-state index in [4.69, 9.17) is 9.15 Å². The maximum atomic E-state index is 13.0. The zero-order chi connectivity index (χ0) is 20.8. The van der Waals surface area contributed by atoms with Gasteiger partial charge in [0.25, 0.3) is 0 Å². The molecule has 1 aliphatic rings. The van der Waals surface area contributed by atoms with Crippen LogP contribution in [-0.4, -0.2) is 55.8 Å². The summed E-state index contributed by atoms with van der Waals surface area (Å²) in [4.78, 5) is 27.2. The monoisotopic (exact) mass is 398 g/mol. The highest BCUT2D eigenvalue weighted by Gasteiger charge is 2.37. The smallest absolute Gasteiger partial charge is 0.354 e. The van der Waals surface area contributed by atoms with Gasteiger partial charge in [0.05, 0.1) is 24.6 Å². The summed E-state index contributed by atoms with van der Waals surface area (Å²) < 4.78 is 10.6. The molecule has 154 valence electrons. The number of hydrogen-bond acceptors (Lipinski definition) is 7. The predicted molar refractivity (Wildman–Crippen MR) is 110 cm³/mol. The minimum absolute atomic E-state index is 0.106. The minimum atomic E-state index is -0.629. The summed E-state index contributed by atoms with van der Waals surface area (Å²) in [5.74, 6) is 0.0610. The van der Waals surface area contributed by atoms with Crippen LogP contribution >= 0.6 is 0 Å². The maximum absolute atomic E-state index is 13.0. The fraction of sp³-hybridized carbons (Fsp3) is 0.381. The summed E-state index contributed by atoms with van der Waals surface area (Å²) in [5, 5.41) is 8.94. The Morgan fingerprint density at radius 3 is 2.66 bits per heavy atom. The number of para-hydroxylation sites is 1. The molecule has 29 heavy (non-hydrogen) atoms. The Labute approximate surface area is 170 Å². The predicted octanol–water partition coefficient (Wildman–Crippen LogP) is 2.20. The van der Waals surface area contributed by atoms with Crippen molar-refractivity contribution in [2.24, 2.45) is 5.10 Å². The van der Waals surface area contributed by atoms with E-state index in [1.54, 1.807) is 18.2 Å². The van der Waals surface area contributed by atoms with Crippen molar-refractivity contribution in [3.8, 4) is 0 Å². The number of carbonyl (C=O) groups excluding carboxylic acids is 2. The van der Waals surface area contributed by atoms with E-state index >= 15 is 0 Å². The van der Waals surface area contributed by atoms with Crippen LogP contribution in [0.4, 0.5) is 5.69 Å². The standard InChI is InChI=1S/C21H26N4O4/c1-4-28-21(27)16-13-17(25(23-16)15-9-6-5-7-10-15)20(26)22-14-18(24(2)3)19-11-8-12-29-19/h5-12,17-18H,4,13-14H2,1-3H3,(H,22,26). The molecule has 1 N–H and O–H groups in total. The quantitative estimate of drug-likeness (QED) is 0.686. The van der Waals surface area contributed by atoms with Crippen molar-refractivity contribution < 1.29 is 18.7 Å². The highest BCUT2D eigenvalue weighted by atomic mass is 16.5. The molecule has 8 nitrogen and oxygen atoms in total. The molecule has 0 fully saturated rings. The van der Waals surface area contributed by atoms with E-state index in [2.05, 4.69) is 10.4 Å². The van der Waals surface area contributed by atoms with E-state index in [9.17, 15) is 9.59 Å². The van der Waals surface area contributed by atoms with Crippen LogP contribution in [0.15, 0.2) is 58.2 Å². The van der Waals surface area contributed by atoms with Gasteiger partial charge in [-0.2, -0.15) is 5.10 Å². The third-order valence-corrected chi connectivity index (χ3v) is 4.71. The lowest BCUT2D eigenvalue weighted by atomic mass is 10.1. The van der Waals surface area contributed by atoms with Gasteiger partial charge in [0, 0.05) is 13.0 Å². The van der Waals surface area contributed by atoms with Crippen LogP contribution in [0.3, 0.4) is 0 Å². The Balaban J connectivity index is 1.74. The summed E-state index contributed by atoms with van der Waals surface area (Å²) >= 11 is 0. The van der Waals surface area contributed by atoms with Gasteiger partial charge in [-0.3, -0.25) is 14.7 Å². The molecule has 2 unspecified atom stereocenters. The van der Waals surface area contributed by atoms with Gasteiger partial charge in [0.1, 0.15) is 17.5 Å². The number of furan rings is 1. The first-order valence-electron chi connectivity index (χ1n) is 9.57. The van der Waals surface area contributed by atoms with Gasteiger partial charge in [-0.1, -0.05) is 18.2 Å². The molecular weight excluding hydrogens is 372 g/mol. The lowest BCUT2D eigenvalue weighted by molar-refractivity contribution is -0.135. The van der Waals surface area contributed by atoms with E-state index in [1.165, 1.54) is 0 Å².